The van der Waals surface area contributed by atoms with Crippen LogP contribution in [0.15, 0.2) is 18.2 Å². The molecule has 0 heterocycles. The average molecular weight is 230 g/mol. The van der Waals surface area contributed by atoms with Gasteiger partial charge in [0, 0.05) is 5.02 Å². The molecule has 0 saturated heterocycles. The Hall–Kier alpha value is -0.910. The third-order valence-electron chi connectivity index (χ3n) is 1.66. The molecule has 0 aliphatic carbocycles. The SMILES string of the molecule is Cc1cc(Cl)ccc1OCC(Cl)C#N. The largest absolute Gasteiger partial charge is 0.491 e. The Labute approximate surface area is 93.0 Å². The van der Waals surface area contributed by atoms with Crippen molar-refractivity contribution in [2.75, 3.05) is 6.61 Å². The maximum atomic E-state index is 8.44. The Balaban J connectivity index is 2.64. The topological polar surface area (TPSA) is 33.0 Å². The van der Waals surface area contributed by atoms with E-state index in [1.54, 1.807) is 18.2 Å². The lowest BCUT2D eigenvalue weighted by atomic mass is 10.2. The summed E-state index contributed by atoms with van der Waals surface area (Å²) in [4.78, 5) is 0. The van der Waals surface area contributed by atoms with Crippen molar-refractivity contribution in [3.63, 3.8) is 0 Å². The fourth-order valence-electron chi connectivity index (χ4n) is 0.975. The molecule has 0 spiro atoms. The lowest BCUT2D eigenvalue weighted by Gasteiger charge is -2.08. The average Bonchev–Trinajstić information content (AvgIpc) is 2.16. The summed E-state index contributed by atoms with van der Waals surface area (Å²) in [5, 5.41) is 8.49. The molecule has 0 amide bonds. The highest BCUT2D eigenvalue weighted by molar-refractivity contribution is 6.30. The molecule has 1 rings (SSSR count). The molecule has 1 atom stereocenters. The first-order valence-corrected chi connectivity index (χ1v) is 4.87. The van der Waals surface area contributed by atoms with Crippen molar-refractivity contribution in [2.45, 2.75) is 12.3 Å². The van der Waals surface area contributed by atoms with Crippen molar-refractivity contribution in [3.05, 3.63) is 28.8 Å². The molecule has 0 aliphatic rings. The van der Waals surface area contributed by atoms with Crippen LogP contribution in [0, 0.1) is 18.3 Å². The summed E-state index contributed by atoms with van der Waals surface area (Å²) in [7, 11) is 0. The Morgan fingerprint density at radius 3 is 2.86 bits per heavy atom. The van der Waals surface area contributed by atoms with E-state index in [2.05, 4.69) is 0 Å². The molecular formula is C10H9Cl2NO. The van der Waals surface area contributed by atoms with Crippen LogP contribution in [0.3, 0.4) is 0 Å². The number of nitriles is 1. The summed E-state index contributed by atoms with van der Waals surface area (Å²) in [6.45, 7) is 2.07. The van der Waals surface area contributed by atoms with E-state index in [1.165, 1.54) is 0 Å². The van der Waals surface area contributed by atoms with Gasteiger partial charge in [0.05, 0.1) is 6.07 Å². The second-order valence-electron chi connectivity index (χ2n) is 2.82. The maximum absolute atomic E-state index is 8.44. The predicted molar refractivity (Wildman–Crippen MR) is 56.9 cm³/mol. The number of benzene rings is 1. The molecular weight excluding hydrogens is 221 g/mol. The van der Waals surface area contributed by atoms with E-state index in [9.17, 15) is 0 Å². The first-order chi connectivity index (χ1) is 6.63. The van der Waals surface area contributed by atoms with Crippen LogP contribution in [0.4, 0.5) is 0 Å². The van der Waals surface area contributed by atoms with Crippen LogP contribution < -0.4 is 4.74 Å². The minimum absolute atomic E-state index is 0.181. The van der Waals surface area contributed by atoms with Gasteiger partial charge in [0.25, 0.3) is 0 Å². The summed E-state index contributed by atoms with van der Waals surface area (Å²) in [5.74, 6) is 0.704. The Morgan fingerprint density at radius 2 is 2.29 bits per heavy atom. The third kappa shape index (κ3) is 3.10. The van der Waals surface area contributed by atoms with Crippen LogP contribution in [0.25, 0.3) is 0 Å². The monoisotopic (exact) mass is 229 g/mol. The molecule has 0 aliphatic heterocycles. The first-order valence-electron chi connectivity index (χ1n) is 4.06. The van der Waals surface area contributed by atoms with Gasteiger partial charge in [0.2, 0.25) is 0 Å². The van der Waals surface area contributed by atoms with Crippen molar-refractivity contribution in [2.24, 2.45) is 0 Å². The summed E-state index contributed by atoms with van der Waals surface area (Å²) in [6, 6.07) is 7.18. The molecule has 14 heavy (non-hydrogen) atoms. The quantitative estimate of drug-likeness (QED) is 0.747. The smallest absolute Gasteiger partial charge is 0.154 e. The highest BCUT2D eigenvalue weighted by atomic mass is 35.5. The minimum Gasteiger partial charge on any atom is -0.491 e. The molecule has 4 heteroatoms. The summed E-state index contributed by atoms with van der Waals surface area (Å²) in [5.41, 5.74) is 0.930. The van der Waals surface area contributed by atoms with Crippen LogP contribution >= 0.6 is 23.2 Å². The van der Waals surface area contributed by atoms with Crippen molar-refractivity contribution >= 4 is 23.2 Å². The van der Waals surface area contributed by atoms with Gasteiger partial charge in [-0.3, -0.25) is 0 Å². The van der Waals surface area contributed by atoms with Gasteiger partial charge < -0.3 is 4.74 Å². The molecule has 1 aromatic rings. The lowest BCUT2D eigenvalue weighted by Crippen LogP contribution is -2.09. The maximum Gasteiger partial charge on any atom is 0.154 e. The van der Waals surface area contributed by atoms with Crippen molar-refractivity contribution in [1.29, 1.82) is 5.26 Å². The Morgan fingerprint density at radius 1 is 1.57 bits per heavy atom. The van der Waals surface area contributed by atoms with Crippen molar-refractivity contribution in [3.8, 4) is 11.8 Å². The van der Waals surface area contributed by atoms with Crippen LogP contribution in [-0.2, 0) is 0 Å². The number of hydrogen-bond donors (Lipinski definition) is 0. The van der Waals surface area contributed by atoms with Gasteiger partial charge in [0.1, 0.15) is 12.4 Å². The number of nitrogens with zero attached hydrogens (tertiary/aromatic N) is 1. The number of alkyl halides is 1. The van der Waals surface area contributed by atoms with Crippen LogP contribution in [-0.4, -0.2) is 12.0 Å². The molecule has 0 bridgehead atoms. The molecule has 1 unspecified atom stereocenters. The fourth-order valence-corrected chi connectivity index (χ4v) is 1.26. The van der Waals surface area contributed by atoms with Gasteiger partial charge in [-0.15, -0.1) is 11.6 Å². The zero-order valence-electron chi connectivity index (χ0n) is 7.63. The van der Waals surface area contributed by atoms with Crippen LogP contribution in [0.2, 0.25) is 5.02 Å². The normalized spacial score (nSPS) is 11.9. The minimum atomic E-state index is -0.620. The van der Waals surface area contributed by atoms with Crippen LogP contribution in [0.1, 0.15) is 5.56 Å². The van der Waals surface area contributed by atoms with E-state index in [-0.39, 0.29) is 6.61 Å². The van der Waals surface area contributed by atoms with Gasteiger partial charge in [-0.05, 0) is 30.7 Å². The number of rotatable bonds is 3. The molecule has 2 nitrogen and oxygen atoms in total. The summed E-state index contributed by atoms with van der Waals surface area (Å²) >= 11 is 11.4. The third-order valence-corrected chi connectivity index (χ3v) is 2.12. The highest BCUT2D eigenvalue weighted by Gasteiger charge is 2.05. The second-order valence-corrected chi connectivity index (χ2v) is 3.78. The van der Waals surface area contributed by atoms with E-state index < -0.39 is 5.38 Å². The number of halogens is 2. The number of aryl methyl sites for hydroxylation is 1. The van der Waals surface area contributed by atoms with E-state index in [0.717, 1.165) is 5.56 Å². The second kappa shape index (κ2) is 5.09. The first kappa shape index (κ1) is 11.2. The van der Waals surface area contributed by atoms with Gasteiger partial charge in [-0.2, -0.15) is 5.26 Å². The summed E-state index contributed by atoms with van der Waals surface area (Å²) < 4.78 is 5.33. The zero-order valence-corrected chi connectivity index (χ0v) is 9.14. The molecule has 0 N–H and O–H groups in total. The van der Waals surface area contributed by atoms with Gasteiger partial charge in [0.15, 0.2) is 5.38 Å². The number of hydrogen-bond acceptors (Lipinski definition) is 2. The molecule has 0 radical (unpaired) electrons. The highest BCUT2D eigenvalue weighted by Crippen LogP contribution is 2.22. The van der Waals surface area contributed by atoms with E-state index in [0.29, 0.717) is 10.8 Å². The fraction of sp³-hybridized carbons (Fsp3) is 0.300. The zero-order chi connectivity index (χ0) is 10.6. The standard InChI is InChI=1S/C10H9Cl2NO/c1-7-4-8(11)2-3-10(7)14-6-9(12)5-13/h2-4,9H,6H2,1H3. The van der Waals surface area contributed by atoms with Crippen molar-refractivity contribution < 1.29 is 4.74 Å². The van der Waals surface area contributed by atoms with Gasteiger partial charge in [-0.1, -0.05) is 11.6 Å². The van der Waals surface area contributed by atoms with Crippen LogP contribution in [0.5, 0.6) is 5.75 Å². The molecule has 1 aromatic carbocycles. The van der Waals surface area contributed by atoms with E-state index >= 15 is 0 Å². The Kier molecular flexibility index (Phi) is 4.06. The molecule has 0 fully saturated rings. The van der Waals surface area contributed by atoms with E-state index in [1.807, 2.05) is 13.0 Å². The summed E-state index contributed by atoms with van der Waals surface area (Å²) in [6.07, 6.45) is 0. The van der Waals surface area contributed by atoms with Gasteiger partial charge in [-0.25, -0.2) is 0 Å². The lowest BCUT2D eigenvalue weighted by molar-refractivity contribution is 0.327. The predicted octanol–water partition coefficient (Wildman–Crippen LogP) is 3.16. The molecule has 0 aromatic heterocycles. The van der Waals surface area contributed by atoms with E-state index in [4.69, 9.17) is 33.2 Å². The Bertz CT molecular complexity index is 360. The molecule has 0 saturated carbocycles. The van der Waals surface area contributed by atoms with Gasteiger partial charge >= 0.3 is 0 Å². The number of ether oxygens (including phenoxy) is 1. The molecule has 74 valence electrons. The van der Waals surface area contributed by atoms with Crippen molar-refractivity contribution in [1.82, 2.24) is 0 Å².